The molecule has 3 aromatic rings. The third-order valence-electron chi connectivity index (χ3n) is 5.55. The monoisotopic (exact) mass is 424 g/mol. The predicted molar refractivity (Wildman–Crippen MR) is 115 cm³/mol. The van der Waals surface area contributed by atoms with E-state index in [0.717, 1.165) is 35.6 Å². The highest BCUT2D eigenvalue weighted by Gasteiger charge is 2.34. The fourth-order valence-corrected chi connectivity index (χ4v) is 4.00. The summed E-state index contributed by atoms with van der Waals surface area (Å²) >= 11 is 6.01. The van der Waals surface area contributed by atoms with Gasteiger partial charge in [0.1, 0.15) is 5.82 Å². The molecule has 7 nitrogen and oxygen atoms in total. The van der Waals surface area contributed by atoms with Crippen molar-refractivity contribution in [2.24, 2.45) is 0 Å². The molecule has 0 saturated carbocycles. The number of carbonyl (C=O) groups excluding carboxylic acids is 1. The molecule has 1 N–H and O–H groups in total. The second-order valence-corrected chi connectivity index (χ2v) is 8.06. The van der Waals surface area contributed by atoms with Crippen LogP contribution in [0.15, 0.2) is 48.8 Å². The summed E-state index contributed by atoms with van der Waals surface area (Å²) in [6.45, 7) is 5.25. The number of amides is 2. The number of pyridine rings is 1. The van der Waals surface area contributed by atoms with Crippen molar-refractivity contribution in [2.75, 3.05) is 6.54 Å². The van der Waals surface area contributed by atoms with E-state index in [1.54, 1.807) is 12.4 Å². The molecule has 3 heterocycles. The summed E-state index contributed by atoms with van der Waals surface area (Å²) in [6, 6.07) is 11.3. The smallest absolute Gasteiger partial charge is 0.318 e. The molecular weight excluding hydrogens is 400 g/mol. The van der Waals surface area contributed by atoms with Crippen molar-refractivity contribution in [3.8, 4) is 0 Å². The summed E-state index contributed by atoms with van der Waals surface area (Å²) in [6.07, 6.45) is 5.31. The molecule has 2 amide bonds. The number of nitrogens with zero attached hydrogens (tertiary/aromatic N) is 5. The molecule has 2 aromatic heterocycles. The zero-order valence-corrected chi connectivity index (χ0v) is 17.9. The minimum absolute atomic E-state index is 0.0902. The van der Waals surface area contributed by atoms with E-state index >= 15 is 0 Å². The Bertz CT molecular complexity index is 1000. The summed E-state index contributed by atoms with van der Waals surface area (Å²) in [5.41, 5.74) is 2.09. The Morgan fingerprint density at radius 3 is 2.80 bits per heavy atom. The number of likely N-dealkylation sites (tertiary alicyclic amines) is 1. The lowest BCUT2D eigenvalue weighted by atomic mass is 10.1. The van der Waals surface area contributed by atoms with Crippen LogP contribution in [0.5, 0.6) is 0 Å². The summed E-state index contributed by atoms with van der Waals surface area (Å²) in [5.74, 6) is 1.65. The Kier molecular flexibility index (Phi) is 5.99. The van der Waals surface area contributed by atoms with E-state index in [2.05, 4.69) is 25.1 Å². The topological polar surface area (TPSA) is 75.9 Å². The molecule has 1 aliphatic rings. The number of hydrogen-bond donors (Lipinski definition) is 1. The summed E-state index contributed by atoms with van der Waals surface area (Å²) < 4.78 is 2.09. The lowest BCUT2D eigenvalue weighted by Gasteiger charge is -2.27. The van der Waals surface area contributed by atoms with Crippen LogP contribution in [0.1, 0.15) is 54.6 Å². The molecule has 2 atom stereocenters. The molecule has 0 unspecified atom stereocenters. The van der Waals surface area contributed by atoms with Crippen LogP contribution in [0.25, 0.3) is 0 Å². The average molecular weight is 425 g/mol. The number of carbonyl (C=O) groups is 1. The molecular formula is C22H25ClN6O. The third-order valence-corrected chi connectivity index (χ3v) is 5.81. The van der Waals surface area contributed by atoms with Crippen LogP contribution in [0.2, 0.25) is 5.02 Å². The summed E-state index contributed by atoms with van der Waals surface area (Å²) in [5, 5.41) is 12.5. The van der Waals surface area contributed by atoms with E-state index in [9.17, 15) is 4.79 Å². The molecule has 1 aromatic carbocycles. The molecule has 0 spiro atoms. The molecule has 30 heavy (non-hydrogen) atoms. The van der Waals surface area contributed by atoms with Gasteiger partial charge in [-0.2, -0.15) is 0 Å². The van der Waals surface area contributed by atoms with Gasteiger partial charge < -0.3 is 14.8 Å². The number of rotatable bonds is 5. The number of aryl methyl sites for hydroxylation is 1. The van der Waals surface area contributed by atoms with Crippen LogP contribution >= 0.6 is 11.6 Å². The molecule has 1 fully saturated rings. The van der Waals surface area contributed by atoms with Gasteiger partial charge in [0.2, 0.25) is 0 Å². The molecule has 0 aliphatic carbocycles. The van der Waals surface area contributed by atoms with E-state index in [0.29, 0.717) is 18.1 Å². The van der Waals surface area contributed by atoms with Crippen molar-refractivity contribution in [3.05, 3.63) is 76.6 Å². The first-order chi connectivity index (χ1) is 14.5. The summed E-state index contributed by atoms with van der Waals surface area (Å²) in [7, 11) is 0. The van der Waals surface area contributed by atoms with Gasteiger partial charge in [-0.15, -0.1) is 10.2 Å². The standard InChI is InChI=1S/C22H25ClN6O/c1-15(18-5-3-11-24-13-18)25-22(30)28-12-4-6-20(28)21-27-26-16(2)29(21)14-17-7-9-19(23)10-8-17/h3,5,7-11,13,15,20H,4,6,12,14H2,1-2H3,(H,25,30)/t15-,20+/m0/s1. The predicted octanol–water partition coefficient (Wildman–Crippen LogP) is 4.29. The van der Waals surface area contributed by atoms with E-state index < -0.39 is 0 Å². The first-order valence-corrected chi connectivity index (χ1v) is 10.5. The zero-order valence-electron chi connectivity index (χ0n) is 17.1. The van der Waals surface area contributed by atoms with Crippen LogP contribution in [0.3, 0.4) is 0 Å². The van der Waals surface area contributed by atoms with Gasteiger partial charge in [0.15, 0.2) is 5.82 Å². The van der Waals surface area contributed by atoms with Crippen molar-refractivity contribution in [2.45, 2.75) is 45.3 Å². The third kappa shape index (κ3) is 4.31. The van der Waals surface area contributed by atoms with Crippen molar-refractivity contribution in [1.82, 2.24) is 30.0 Å². The fourth-order valence-electron chi connectivity index (χ4n) is 3.87. The number of urea groups is 1. The fraction of sp³-hybridized carbons (Fsp3) is 0.364. The maximum absolute atomic E-state index is 13.0. The van der Waals surface area contributed by atoms with Gasteiger partial charge in [0.25, 0.3) is 0 Å². The highest BCUT2D eigenvalue weighted by molar-refractivity contribution is 6.30. The molecule has 8 heteroatoms. The maximum Gasteiger partial charge on any atom is 0.318 e. The highest BCUT2D eigenvalue weighted by Crippen LogP contribution is 2.32. The average Bonchev–Trinajstić information content (AvgIpc) is 3.37. The van der Waals surface area contributed by atoms with Crippen molar-refractivity contribution < 1.29 is 4.79 Å². The van der Waals surface area contributed by atoms with Crippen LogP contribution in [-0.2, 0) is 6.54 Å². The maximum atomic E-state index is 13.0. The van der Waals surface area contributed by atoms with E-state index in [4.69, 9.17) is 11.6 Å². The van der Waals surface area contributed by atoms with Gasteiger partial charge in [0, 0.05) is 24.0 Å². The van der Waals surface area contributed by atoms with Gasteiger partial charge in [-0.1, -0.05) is 29.8 Å². The van der Waals surface area contributed by atoms with Crippen LogP contribution < -0.4 is 5.32 Å². The molecule has 0 bridgehead atoms. The first kappa shape index (κ1) is 20.3. The van der Waals surface area contributed by atoms with Crippen molar-refractivity contribution in [3.63, 3.8) is 0 Å². The number of nitrogens with one attached hydrogen (secondary N) is 1. The number of benzene rings is 1. The van der Waals surface area contributed by atoms with E-state index in [-0.39, 0.29) is 18.1 Å². The van der Waals surface area contributed by atoms with Crippen LogP contribution in [-0.4, -0.2) is 37.2 Å². The molecule has 0 radical (unpaired) electrons. The number of hydrogen-bond acceptors (Lipinski definition) is 4. The normalized spacial score (nSPS) is 17.2. The van der Waals surface area contributed by atoms with Gasteiger partial charge >= 0.3 is 6.03 Å². The zero-order chi connectivity index (χ0) is 21.1. The van der Waals surface area contributed by atoms with Gasteiger partial charge in [-0.25, -0.2) is 4.79 Å². The second kappa shape index (κ2) is 8.83. The van der Waals surface area contributed by atoms with Crippen LogP contribution in [0, 0.1) is 6.92 Å². The quantitative estimate of drug-likeness (QED) is 0.662. The Morgan fingerprint density at radius 2 is 2.07 bits per heavy atom. The largest absolute Gasteiger partial charge is 0.331 e. The second-order valence-electron chi connectivity index (χ2n) is 7.63. The molecule has 4 rings (SSSR count). The molecule has 1 saturated heterocycles. The van der Waals surface area contributed by atoms with Crippen molar-refractivity contribution in [1.29, 1.82) is 0 Å². The lowest BCUT2D eigenvalue weighted by molar-refractivity contribution is 0.186. The number of aromatic nitrogens is 4. The minimum Gasteiger partial charge on any atom is -0.331 e. The SMILES string of the molecule is Cc1nnc([C@H]2CCCN2C(=O)N[C@@H](C)c2cccnc2)n1Cc1ccc(Cl)cc1. The first-order valence-electron chi connectivity index (χ1n) is 10.1. The molecule has 1 aliphatic heterocycles. The minimum atomic E-state index is -0.124. The molecule has 156 valence electrons. The van der Waals surface area contributed by atoms with Gasteiger partial charge in [0.05, 0.1) is 18.6 Å². The Morgan fingerprint density at radius 1 is 1.27 bits per heavy atom. The van der Waals surface area contributed by atoms with Gasteiger partial charge in [-0.05, 0) is 56.0 Å². The lowest BCUT2D eigenvalue weighted by Crippen LogP contribution is -2.41. The Labute approximate surface area is 181 Å². The summed E-state index contributed by atoms with van der Waals surface area (Å²) in [4.78, 5) is 19.1. The van der Waals surface area contributed by atoms with Crippen LogP contribution in [0.4, 0.5) is 4.79 Å². The number of halogens is 1. The van der Waals surface area contributed by atoms with Gasteiger partial charge in [-0.3, -0.25) is 4.98 Å². The van der Waals surface area contributed by atoms with E-state index in [1.807, 2.05) is 55.1 Å². The van der Waals surface area contributed by atoms with Crippen molar-refractivity contribution >= 4 is 17.6 Å². The van der Waals surface area contributed by atoms with E-state index in [1.165, 1.54) is 0 Å². The highest BCUT2D eigenvalue weighted by atomic mass is 35.5. The Hall–Kier alpha value is -2.93. The Balaban J connectivity index is 1.52.